The molecule has 5 N–H and O–H groups in total. The summed E-state index contributed by atoms with van der Waals surface area (Å²) < 4.78 is 0. The number of rotatable bonds is 13. The van der Waals surface area contributed by atoms with Crippen molar-refractivity contribution in [2.75, 3.05) is 26.7 Å². The number of likely N-dealkylation sites (N-methyl/N-ethyl adjacent to an activating group) is 1. The molecule has 0 unspecified atom stereocenters. The molecule has 0 radical (unpaired) electrons. The number of nitrogens with zero attached hydrogens (tertiary/aromatic N) is 1. The van der Waals surface area contributed by atoms with Gasteiger partial charge in [-0.05, 0) is 42.5 Å². The highest BCUT2D eigenvalue weighted by Crippen LogP contribution is 2.31. The van der Waals surface area contributed by atoms with Crippen molar-refractivity contribution in [2.24, 2.45) is 17.6 Å². The third-order valence-electron chi connectivity index (χ3n) is 7.19. The Morgan fingerprint density at radius 1 is 0.946 bits per heavy atom. The summed E-state index contributed by atoms with van der Waals surface area (Å²) in [6.45, 7) is 1.29. The van der Waals surface area contributed by atoms with Crippen LogP contribution in [0.1, 0.15) is 54.7 Å². The number of carbonyl (C=O) groups is 3. The minimum atomic E-state index is -0.913. The third kappa shape index (κ3) is 8.98. The quantitative estimate of drug-likeness (QED) is 0.330. The van der Waals surface area contributed by atoms with Crippen LogP contribution in [0.3, 0.4) is 0 Å². The van der Waals surface area contributed by atoms with Crippen LogP contribution in [0.25, 0.3) is 0 Å². The summed E-state index contributed by atoms with van der Waals surface area (Å²) >= 11 is 0. The van der Waals surface area contributed by atoms with Gasteiger partial charge in [0.25, 0.3) is 0 Å². The lowest BCUT2D eigenvalue weighted by Gasteiger charge is -2.32. The van der Waals surface area contributed by atoms with Crippen LogP contribution in [0, 0.1) is 11.8 Å². The van der Waals surface area contributed by atoms with Gasteiger partial charge in [-0.15, -0.1) is 0 Å². The number of hydrogen-bond donors (Lipinski definition) is 4. The van der Waals surface area contributed by atoms with Gasteiger partial charge < -0.3 is 21.5 Å². The largest absolute Gasteiger partial charge is 0.480 e. The molecule has 1 fully saturated rings. The van der Waals surface area contributed by atoms with Crippen LogP contribution in [0.5, 0.6) is 0 Å². The van der Waals surface area contributed by atoms with Crippen molar-refractivity contribution in [1.82, 2.24) is 15.5 Å². The monoisotopic (exact) mass is 508 g/mol. The van der Waals surface area contributed by atoms with Crippen LogP contribution in [0.2, 0.25) is 0 Å². The van der Waals surface area contributed by atoms with Crippen LogP contribution >= 0.6 is 0 Å². The van der Waals surface area contributed by atoms with Crippen molar-refractivity contribution in [3.63, 3.8) is 0 Å². The fourth-order valence-corrected chi connectivity index (χ4v) is 5.10. The van der Waals surface area contributed by atoms with Gasteiger partial charge in [0.15, 0.2) is 0 Å². The minimum Gasteiger partial charge on any atom is -0.480 e. The molecule has 0 heterocycles. The highest BCUT2D eigenvalue weighted by molar-refractivity contribution is 5.85. The molecule has 2 amide bonds. The molecule has 0 bridgehead atoms. The molecule has 0 aromatic heterocycles. The van der Waals surface area contributed by atoms with Crippen molar-refractivity contribution in [3.05, 3.63) is 71.3 Å². The number of carboxylic acids is 1. The van der Waals surface area contributed by atoms with Gasteiger partial charge in [0.2, 0.25) is 11.8 Å². The van der Waals surface area contributed by atoms with Crippen LogP contribution in [0.4, 0.5) is 0 Å². The molecule has 1 aliphatic carbocycles. The SMILES string of the molecule is CN(CC(=O)O)C[C@@H](C(=O)NC[C@H](C(=O)NCc1ccc(CN)cc1)c1ccccc1)C1CCCCC1. The van der Waals surface area contributed by atoms with Gasteiger partial charge >= 0.3 is 5.97 Å². The van der Waals surface area contributed by atoms with Crippen LogP contribution in [-0.2, 0) is 27.5 Å². The van der Waals surface area contributed by atoms with Gasteiger partial charge in [0.05, 0.1) is 18.4 Å². The minimum absolute atomic E-state index is 0.113. The molecule has 2 aromatic rings. The Labute approximate surface area is 219 Å². The lowest BCUT2D eigenvalue weighted by Crippen LogP contribution is -2.45. The first-order chi connectivity index (χ1) is 17.9. The predicted molar refractivity (Wildman–Crippen MR) is 144 cm³/mol. The molecule has 37 heavy (non-hydrogen) atoms. The second-order valence-corrected chi connectivity index (χ2v) is 10.0. The maximum absolute atomic E-state index is 13.4. The van der Waals surface area contributed by atoms with Crippen LogP contribution in [-0.4, -0.2) is 54.5 Å². The maximum atomic E-state index is 13.4. The average Bonchev–Trinajstić information content (AvgIpc) is 2.91. The maximum Gasteiger partial charge on any atom is 0.317 e. The van der Waals surface area contributed by atoms with Crippen molar-refractivity contribution < 1.29 is 19.5 Å². The molecule has 0 aliphatic heterocycles. The number of aliphatic carboxylic acids is 1. The summed E-state index contributed by atoms with van der Waals surface area (Å²) in [4.78, 5) is 39.6. The lowest BCUT2D eigenvalue weighted by atomic mass is 9.79. The molecule has 0 saturated heterocycles. The van der Waals surface area contributed by atoms with Gasteiger partial charge in [0, 0.05) is 26.2 Å². The lowest BCUT2D eigenvalue weighted by molar-refractivity contribution is -0.139. The molecule has 2 atom stereocenters. The van der Waals surface area contributed by atoms with E-state index in [9.17, 15) is 19.5 Å². The molecule has 0 spiro atoms. The molecule has 2 aromatic carbocycles. The van der Waals surface area contributed by atoms with Crippen molar-refractivity contribution in [1.29, 1.82) is 0 Å². The van der Waals surface area contributed by atoms with Crippen molar-refractivity contribution >= 4 is 17.8 Å². The molecule has 1 aliphatic rings. The Kier molecular flexibility index (Phi) is 11.1. The first-order valence-corrected chi connectivity index (χ1v) is 13.2. The Balaban J connectivity index is 1.68. The van der Waals surface area contributed by atoms with E-state index in [1.165, 1.54) is 6.42 Å². The zero-order valence-corrected chi connectivity index (χ0v) is 21.7. The van der Waals surface area contributed by atoms with Gasteiger partial charge in [-0.3, -0.25) is 19.3 Å². The van der Waals surface area contributed by atoms with E-state index >= 15 is 0 Å². The predicted octanol–water partition coefficient (Wildman–Crippen LogP) is 2.87. The Hall–Kier alpha value is -3.23. The molecule has 3 rings (SSSR count). The molecule has 8 heteroatoms. The first-order valence-electron chi connectivity index (χ1n) is 13.2. The van der Waals surface area contributed by atoms with Crippen LogP contribution < -0.4 is 16.4 Å². The van der Waals surface area contributed by atoms with E-state index in [1.807, 2.05) is 54.6 Å². The van der Waals surface area contributed by atoms with Gasteiger partial charge in [-0.2, -0.15) is 0 Å². The van der Waals surface area contributed by atoms with E-state index in [0.29, 0.717) is 19.6 Å². The van der Waals surface area contributed by atoms with E-state index in [4.69, 9.17) is 5.73 Å². The van der Waals surface area contributed by atoms with Gasteiger partial charge in [-0.25, -0.2) is 0 Å². The number of carboxylic acid groups (broad SMARTS) is 1. The van der Waals surface area contributed by atoms with E-state index in [1.54, 1.807) is 11.9 Å². The van der Waals surface area contributed by atoms with Crippen molar-refractivity contribution in [3.8, 4) is 0 Å². The first kappa shape index (κ1) is 28.3. The Bertz CT molecular complexity index is 1010. The summed E-state index contributed by atoms with van der Waals surface area (Å²) in [5, 5.41) is 15.2. The number of benzene rings is 2. The fourth-order valence-electron chi connectivity index (χ4n) is 5.10. The zero-order valence-electron chi connectivity index (χ0n) is 21.7. The van der Waals surface area contributed by atoms with E-state index in [2.05, 4.69) is 10.6 Å². The van der Waals surface area contributed by atoms with Crippen molar-refractivity contribution in [2.45, 2.75) is 51.1 Å². The molecule has 200 valence electrons. The fraction of sp³-hybridized carbons (Fsp3) is 0.483. The Morgan fingerprint density at radius 2 is 1.59 bits per heavy atom. The topological polar surface area (TPSA) is 125 Å². The molecule has 8 nitrogen and oxygen atoms in total. The summed E-state index contributed by atoms with van der Waals surface area (Å²) in [6.07, 6.45) is 5.26. The second-order valence-electron chi connectivity index (χ2n) is 10.0. The number of nitrogens with one attached hydrogen (secondary N) is 2. The number of nitrogens with two attached hydrogens (primary N) is 1. The summed E-state index contributed by atoms with van der Waals surface area (Å²) in [5.41, 5.74) is 8.50. The van der Waals surface area contributed by atoms with E-state index in [0.717, 1.165) is 42.4 Å². The van der Waals surface area contributed by atoms with E-state index < -0.39 is 11.9 Å². The normalized spacial score (nSPS) is 15.6. The smallest absolute Gasteiger partial charge is 0.317 e. The van der Waals surface area contributed by atoms with E-state index in [-0.39, 0.29) is 36.7 Å². The number of amides is 2. The highest BCUT2D eigenvalue weighted by Gasteiger charge is 2.32. The van der Waals surface area contributed by atoms with Gasteiger partial charge in [-0.1, -0.05) is 73.9 Å². The second kappa shape index (κ2) is 14.5. The highest BCUT2D eigenvalue weighted by atomic mass is 16.4. The number of carbonyl (C=O) groups excluding carboxylic acids is 2. The van der Waals surface area contributed by atoms with Crippen LogP contribution in [0.15, 0.2) is 54.6 Å². The van der Waals surface area contributed by atoms with Gasteiger partial charge in [0.1, 0.15) is 0 Å². The zero-order chi connectivity index (χ0) is 26.6. The molecular weight excluding hydrogens is 468 g/mol. The third-order valence-corrected chi connectivity index (χ3v) is 7.19. The molecular formula is C29H40N4O4. The number of hydrogen-bond acceptors (Lipinski definition) is 5. The summed E-state index contributed by atoms with van der Waals surface area (Å²) in [7, 11) is 1.73. The Morgan fingerprint density at radius 3 is 2.22 bits per heavy atom. The summed E-state index contributed by atoms with van der Waals surface area (Å²) in [5.74, 6) is -1.83. The molecule has 1 saturated carbocycles. The summed E-state index contributed by atoms with van der Waals surface area (Å²) in [6, 6.07) is 17.2. The standard InChI is InChI=1S/C29H40N4O4/c1-33(20-27(34)35)19-26(24-10-6-3-7-11-24)29(37)32-18-25(23-8-4-2-5-9-23)28(36)31-17-22-14-12-21(16-30)13-15-22/h2,4-5,8-9,12-15,24-26H,3,6-7,10-11,16-20,30H2,1H3,(H,31,36)(H,32,37)(H,34,35)/t25-,26+/m0/s1. The average molecular weight is 509 g/mol.